The SMILES string of the molecule is O=C(NC1(C(=O)CCCO)CCC1)c1ccc2c(C3CCCCC3)c3n(c2c1)CCOc1ccccc1-3. The normalized spacial score (nSPS) is 18.7. The number of amides is 1. The van der Waals surface area contributed by atoms with Crippen molar-refractivity contribution in [2.45, 2.75) is 82.2 Å². The zero-order valence-electron chi connectivity index (χ0n) is 21.4. The molecule has 0 spiro atoms. The number of ether oxygens (including phenoxy) is 1. The fourth-order valence-electron chi connectivity index (χ4n) is 6.65. The first-order valence-corrected chi connectivity index (χ1v) is 14.0. The van der Waals surface area contributed by atoms with Crippen LogP contribution in [-0.2, 0) is 11.3 Å². The Morgan fingerprint density at radius 2 is 1.86 bits per heavy atom. The second-order valence-corrected chi connectivity index (χ2v) is 11.0. The van der Waals surface area contributed by atoms with E-state index in [0.717, 1.165) is 29.8 Å². The average molecular weight is 501 g/mol. The van der Waals surface area contributed by atoms with Crippen molar-refractivity contribution >= 4 is 22.6 Å². The summed E-state index contributed by atoms with van der Waals surface area (Å²) in [7, 11) is 0. The molecule has 2 aromatic carbocycles. The highest BCUT2D eigenvalue weighted by Crippen LogP contribution is 2.47. The minimum absolute atomic E-state index is 0.0120. The van der Waals surface area contributed by atoms with Crippen molar-refractivity contribution in [3.63, 3.8) is 0 Å². The van der Waals surface area contributed by atoms with Crippen LogP contribution in [0.25, 0.3) is 22.2 Å². The van der Waals surface area contributed by atoms with E-state index in [2.05, 4.69) is 34.1 Å². The molecular formula is C31H36N2O4. The number of hydrogen-bond donors (Lipinski definition) is 2. The van der Waals surface area contributed by atoms with Gasteiger partial charge in [0, 0.05) is 35.1 Å². The van der Waals surface area contributed by atoms with Gasteiger partial charge in [-0.15, -0.1) is 0 Å². The molecule has 2 aliphatic carbocycles. The first-order valence-electron chi connectivity index (χ1n) is 14.0. The van der Waals surface area contributed by atoms with Crippen molar-refractivity contribution in [2.75, 3.05) is 13.2 Å². The molecule has 3 aromatic rings. The maximum Gasteiger partial charge on any atom is 0.252 e. The number of para-hydroxylation sites is 1. The molecule has 6 rings (SSSR count). The second-order valence-electron chi connectivity index (χ2n) is 11.0. The molecule has 2 N–H and O–H groups in total. The van der Waals surface area contributed by atoms with E-state index in [1.165, 1.54) is 48.7 Å². The Balaban J connectivity index is 1.42. The van der Waals surface area contributed by atoms with Gasteiger partial charge in [0.05, 0.1) is 17.8 Å². The van der Waals surface area contributed by atoms with Gasteiger partial charge in [0.2, 0.25) is 0 Å². The van der Waals surface area contributed by atoms with Gasteiger partial charge in [-0.2, -0.15) is 0 Å². The number of nitrogens with one attached hydrogen (secondary N) is 1. The summed E-state index contributed by atoms with van der Waals surface area (Å²) in [6, 6.07) is 14.4. The molecule has 6 nitrogen and oxygen atoms in total. The van der Waals surface area contributed by atoms with Crippen LogP contribution < -0.4 is 10.1 Å². The van der Waals surface area contributed by atoms with Gasteiger partial charge in [-0.05, 0) is 74.3 Å². The molecule has 194 valence electrons. The van der Waals surface area contributed by atoms with Gasteiger partial charge in [-0.3, -0.25) is 9.59 Å². The number of aliphatic hydroxyl groups excluding tert-OH is 1. The number of benzene rings is 2. The minimum Gasteiger partial charge on any atom is -0.491 e. The third-order valence-electron chi connectivity index (χ3n) is 8.75. The molecule has 0 atom stereocenters. The highest BCUT2D eigenvalue weighted by molar-refractivity contribution is 6.04. The fraction of sp³-hybridized carbons (Fsp3) is 0.484. The Labute approximate surface area is 218 Å². The molecular weight excluding hydrogens is 464 g/mol. The van der Waals surface area contributed by atoms with Gasteiger partial charge >= 0.3 is 0 Å². The summed E-state index contributed by atoms with van der Waals surface area (Å²) in [6.45, 7) is 1.29. The number of fused-ring (bicyclic) bond motifs is 5. The van der Waals surface area contributed by atoms with Gasteiger partial charge in [0.25, 0.3) is 5.91 Å². The van der Waals surface area contributed by atoms with Crippen LogP contribution in [0.1, 0.15) is 86.0 Å². The predicted molar refractivity (Wildman–Crippen MR) is 144 cm³/mol. The van der Waals surface area contributed by atoms with Crippen LogP contribution in [-0.4, -0.2) is 40.1 Å². The van der Waals surface area contributed by atoms with Crippen molar-refractivity contribution in [1.82, 2.24) is 9.88 Å². The summed E-state index contributed by atoms with van der Waals surface area (Å²) in [6.07, 6.45) is 9.19. The van der Waals surface area contributed by atoms with Crippen LogP contribution in [0.15, 0.2) is 42.5 Å². The third-order valence-corrected chi connectivity index (χ3v) is 8.75. The van der Waals surface area contributed by atoms with E-state index in [1.807, 2.05) is 18.2 Å². The molecule has 6 heteroatoms. The monoisotopic (exact) mass is 500 g/mol. The number of aromatic nitrogens is 1. The molecule has 1 aromatic heterocycles. The lowest BCUT2D eigenvalue weighted by atomic mass is 9.72. The number of Topliss-reactive ketones (excluding diaryl/α,β-unsaturated/α-hetero) is 1. The minimum atomic E-state index is -0.780. The van der Waals surface area contributed by atoms with Gasteiger partial charge in [-0.25, -0.2) is 0 Å². The molecule has 2 heterocycles. The lowest BCUT2D eigenvalue weighted by Gasteiger charge is -2.41. The smallest absolute Gasteiger partial charge is 0.252 e. The van der Waals surface area contributed by atoms with Crippen molar-refractivity contribution in [3.05, 3.63) is 53.6 Å². The number of ketones is 1. The maximum atomic E-state index is 13.5. The number of hydrogen-bond acceptors (Lipinski definition) is 4. The van der Waals surface area contributed by atoms with E-state index >= 15 is 0 Å². The number of aliphatic hydroxyl groups is 1. The van der Waals surface area contributed by atoms with Gasteiger partial charge in [0.1, 0.15) is 12.4 Å². The lowest BCUT2D eigenvalue weighted by molar-refractivity contribution is -0.128. The number of carbonyl (C=O) groups is 2. The maximum absolute atomic E-state index is 13.5. The highest BCUT2D eigenvalue weighted by Gasteiger charge is 2.44. The molecule has 1 aliphatic heterocycles. The summed E-state index contributed by atoms with van der Waals surface area (Å²) in [5.74, 6) is 1.26. The molecule has 0 unspecified atom stereocenters. The van der Waals surface area contributed by atoms with Crippen molar-refractivity contribution in [1.29, 1.82) is 0 Å². The summed E-state index contributed by atoms with van der Waals surface area (Å²) in [5.41, 5.74) is 4.64. The van der Waals surface area contributed by atoms with Gasteiger partial charge in [0.15, 0.2) is 5.78 Å². The van der Waals surface area contributed by atoms with Crippen LogP contribution in [0, 0.1) is 0 Å². The molecule has 37 heavy (non-hydrogen) atoms. The molecule has 0 bridgehead atoms. The van der Waals surface area contributed by atoms with E-state index in [1.54, 1.807) is 0 Å². The van der Waals surface area contributed by atoms with Crippen LogP contribution >= 0.6 is 0 Å². The number of carbonyl (C=O) groups excluding carboxylic acids is 2. The summed E-state index contributed by atoms with van der Waals surface area (Å²) >= 11 is 0. The molecule has 0 saturated heterocycles. The quantitative estimate of drug-likeness (QED) is 0.433. The molecule has 0 radical (unpaired) electrons. The zero-order valence-corrected chi connectivity index (χ0v) is 21.4. The summed E-state index contributed by atoms with van der Waals surface area (Å²) in [4.78, 5) is 26.3. The lowest BCUT2D eigenvalue weighted by Crippen LogP contribution is -2.59. The molecule has 2 fully saturated rings. The van der Waals surface area contributed by atoms with Crippen LogP contribution in [0.5, 0.6) is 5.75 Å². The van der Waals surface area contributed by atoms with Gasteiger partial charge < -0.3 is 19.7 Å². The zero-order chi connectivity index (χ0) is 25.4. The summed E-state index contributed by atoms with van der Waals surface area (Å²) < 4.78 is 8.50. The first-order chi connectivity index (χ1) is 18.1. The molecule has 1 amide bonds. The Hall–Kier alpha value is -3.12. The van der Waals surface area contributed by atoms with E-state index in [9.17, 15) is 9.59 Å². The third kappa shape index (κ3) is 4.25. The van der Waals surface area contributed by atoms with E-state index < -0.39 is 5.54 Å². The number of nitrogens with zero attached hydrogens (tertiary/aromatic N) is 1. The average Bonchev–Trinajstić information content (AvgIpc) is 3.10. The van der Waals surface area contributed by atoms with Crippen LogP contribution in [0.3, 0.4) is 0 Å². The van der Waals surface area contributed by atoms with Crippen LogP contribution in [0.4, 0.5) is 0 Å². The molecule has 2 saturated carbocycles. The summed E-state index contributed by atoms with van der Waals surface area (Å²) in [5, 5.41) is 13.5. The van der Waals surface area contributed by atoms with E-state index in [0.29, 0.717) is 43.8 Å². The largest absolute Gasteiger partial charge is 0.491 e. The van der Waals surface area contributed by atoms with E-state index in [-0.39, 0.29) is 18.3 Å². The van der Waals surface area contributed by atoms with Crippen molar-refractivity contribution in [3.8, 4) is 17.0 Å². The Morgan fingerprint density at radius 1 is 1.05 bits per heavy atom. The Kier molecular flexibility index (Phi) is 6.53. The van der Waals surface area contributed by atoms with Crippen molar-refractivity contribution in [2.24, 2.45) is 0 Å². The van der Waals surface area contributed by atoms with E-state index in [4.69, 9.17) is 9.84 Å². The Morgan fingerprint density at radius 3 is 2.62 bits per heavy atom. The highest BCUT2D eigenvalue weighted by atomic mass is 16.5. The predicted octanol–water partition coefficient (Wildman–Crippen LogP) is 5.74. The van der Waals surface area contributed by atoms with Crippen LogP contribution in [0.2, 0.25) is 0 Å². The Bertz CT molecular complexity index is 1330. The fourth-order valence-corrected chi connectivity index (χ4v) is 6.65. The standard InChI is InChI=1S/C31H36N2O4/c34-18-6-12-27(35)31(15-7-16-31)32-30(36)22-13-14-23-25(20-22)33-17-19-37-26-11-5-4-10-24(26)29(33)28(23)21-8-2-1-3-9-21/h4-5,10-11,13-14,20-21,34H,1-3,6-9,12,15-19H2,(H,32,36). The first kappa shape index (κ1) is 24.2. The topological polar surface area (TPSA) is 80.6 Å². The van der Waals surface area contributed by atoms with Crippen molar-refractivity contribution < 1.29 is 19.4 Å². The number of rotatable bonds is 7. The molecule has 3 aliphatic rings. The second kappa shape index (κ2) is 9.97. The van der Waals surface area contributed by atoms with Gasteiger partial charge in [-0.1, -0.05) is 37.5 Å².